The van der Waals surface area contributed by atoms with Crippen LogP contribution in [0.3, 0.4) is 0 Å². The van der Waals surface area contributed by atoms with E-state index in [1.54, 1.807) is 0 Å². The molecule has 0 aliphatic carbocycles. The Balaban J connectivity index is 1.71. The number of amides is 2. The Morgan fingerprint density at radius 3 is 2.59 bits per heavy atom. The van der Waals surface area contributed by atoms with Crippen molar-refractivity contribution < 1.29 is 19.1 Å². The van der Waals surface area contributed by atoms with Crippen molar-refractivity contribution in [1.82, 2.24) is 9.88 Å². The molecule has 0 atom stereocenters. The van der Waals surface area contributed by atoms with Crippen molar-refractivity contribution in [3.05, 3.63) is 27.7 Å². The molecule has 27 heavy (non-hydrogen) atoms. The van der Waals surface area contributed by atoms with E-state index in [1.165, 1.54) is 37.7 Å². The summed E-state index contributed by atoms with van der Waals surface area (Å²) in [6.45, 7) is 1.71. The Kier molecular flexibility index (Phi) is 5.83. The van der Waals surface area contributed by atoms with Crippen LogP contribution in [0.25, 0.3) is 0 Å². The van der Waals surface area contributed by atoms with Gasteiger partial charge in [0.05, 0.1) is 30.6 Å². The highest BCUT2D eigenvalue weighted by atomic mass is 35.5. The lowest BCUT2D eigenvalue weighted by Crippen LogP contribution is -2.29. The number of halogens is 1. The molecule has 2 amide bonds. The van der Waals surface area contributed by atoms with Crippen LogP contribution in [0.4, 0.5) is 10.8 Å². The van der Waals surface area contributed by atoms with Crippen LogP contribution in [0, 0.1) is 0 Å². The van der Waals surface area contributed by atoms with Gasteiger partial charge in [0, 0.05) is 36.5 Å². The number of nitrogens with zero attached hydrogens (tertiary/aromatic N) is 2. The summed E-state index contributed by atoms with van der Waals surface area (Å²) in [5, 5.41) is 5.80. The fourth-order valence-electron chi connectivity index (χ4n) is 2.67. The largest absolute Gasteiger partial charge is 0.495 e. The molecular weight excluding hydrogens is 392 g/mol. The molecule has 0 bridgehead atoms. The number of anilines is 2. The summed E-state index contributed by atoms with van der Waals surface area (Å²) in [7, 11) is 4.92. The molecule has 1 aromatic heterocycles. The molecule has 3 rings (SSSR count). The van der Waals surface area contributed by atoms with Gasteiger partial charge < -0.3 is 19.7 Å². The highest BCUT2D eigenvalue weighted by Crippen LogP contribution is 2.36. The zero-order valence-corrected chi connectivity index (χ0v) is 16.7. The number of thiazole rings is 1. The maximum absolute atomic E-state index is 12.3. The molecule has 0 radical (unpaired) electrons. The summed E-state index contributed by atoms with van der Waals surface area (Å²) in [4.78, 5) is 32.2. The molecule has 0 fully saturated rings. The van der Waals surface area contributed by atoms with Crippen LogP contribution < -0.4 is 20.1 Å². The molecule has 8 nitrogen and oxygen atoms in total. The van der Waals surface area contributed by atoms with Crippen LogP contribution >= 0.6 is 22.9 Å². The van der Waals surface area contributed by atoms with E-state index in [0.29, 0.717) is 21.7 Å². The molecule has 2 N–H and O–H groups in total. The number of rotatable bonds is 4. The maximum atomic E-state index is 12.3. The van der Waals surface area contributed by atoms with Gasteiger partial charge in [0.1, 0.15) is 11.5 Å². The number of aromatic nitrogens is 1. The minimum atomic E-state index is -0.844. The SMILES string of the molecule is COc1cc(NC(=O)C(=O)Nc2nc3c(s2)CN(C)CC3)c(OC)cc1Cl. The molecule has 1 aromatic carbocycles. The Labute approximate surface area is 165 Å². The Bertz CT molecular complexity index is 886. The van der Waals surface area contributed by atoms with E-state index in [4.69, 9.17) is 21.1 Å². The zero-order chi connectivity index (χ0) is 19.6. The quantitative estimate of drug-likeness (QED) is 0.752. The minimum absolute atomic E-state index is 0.277. The van der Waals surface area contributed by atoms with Gasteiger partial charge in [-0.25, -0.2) is 4.98 Å². The number of hydrogen-bond acceptors (Lipinski definition) is 7. The predicted octanol–water partition coefficient (Wildman–Crippen LogP) is 2.38. The lowest BCUT2D eigenvalue weighted by molar-refractivity contribution is -0.133. The molecule has 0 unspecified atom stereocenters. The fourth-order valence-corrected chi connectivity index (χ4v) is 3.98. The normalized spacial score (nSPS) is 13.6. The Hall–Kier alpha value is -2.36. The third-order valence-electron chi connectivity index (χ3n) is 4.07. The molecule has 0 saturated heterocycles. The molecular formula is C17H19ClN4O4S. The minimum Gasteiger partial charge on any atom is -0.495 e. The molecule has 1 aliphatic heterocycles. The smallest absolute Gasteiger partial charge is 0.315 e. The van der Waals surface area contributed by atoms with Gasteiger partial charge in [0.15, 0.2) is 5.13 Å². The second-order valence-corrected chi connectivity index (χ2v) is 7.46. The highest BCUT2D eigenvalue weighted by molar-refractivity contribution is 7.16. The van der Waals surface area contributed by atoms with Gasteiger partial charge in [-0.2, -0.15) is 0 Å². The number of nitrogens with one attached hydrogen (secondary N) is 2. The third-order valence-corrected chi connectivity index (χ3v) is 5.36. The first-order valence-electron chi connectivity index (χ1n) is 8.12. The van der Waals surface area contributed by atoms with Gasteiger partial charge in [-0.15, -0.1) is 11.3 Å². The Morgan fingerprint density at radius 1 is 1.19 bits per heavy atom. The Morgan fingerprint density at radius 2 is 1.89 bits per heavy atom. The first-order valence-corrected chi connectivity index (χ1v) is 9.31. The molecule has 2 aromatic rings. The number of carbonyl (C=O) groups is 2. The van der Waals surface area contributed by atoms with Gasteiger partial charge >= 0.3 is 11.8 Å². The molecule has 0 saturated carbocycles. The van der Waals surface area contributed by atoms with Crippen molar-refractivity contribution in [3.8, 4) is 11.5 Å². The number of methoxy groups -OCH3 is 2. The number of fused-ring (bicyclic) bond motifs is 1. The van der Waals surface area contributed by atoms with Crippen molar-refractivity contribution in [1.29, 1.82) is 0 Å². The van der Waals surface area contributed by atoms with Crippen LogP contribution in [0.5, 0.6) is 11.5 Å². The lowest BCUT2D eigenvalue weighted by atomic mass is 10.2. The van der Waals surface area contributed by atoms with Crippen molar-refractivity contribution >= 4 is 45.6 Å². The number of benzene rings is 1. The summed E-state index contributed by atoms with van der Waals surface area (Å²) in [5.41, 5.74) is 1.25. The topological polar surface area (TPSA) is 92.8 Å². The van der Waals surface area contributed by atoms with Crippen LogP contribution in [-0.4, -0.2) is 49.5 Å². The van der Waals surface area contributed by atoms with E-state index >= 15 is 0 Å². The van der Waals surface area contributed by atoms with Gasteiger partial charge in [0.25, 0.3) is 0 Å². The van der Waals surface area contributed by atoms with Crippen molar-refractivity contribution in [2.75, 3.05) is 38.4 Å². The summed E-state index contributed by atoms with van der Waals surface area (Å²) >= 11 is 7.42. The van der Waals surface area contributed by atoms with Crippen molar-refractivity contribution in [2.45, 2.75) is 13.0 Å². The molecule has 10 heteroatoms. The molecule has 144 valence electrons. The van der Waals surface area contributed by atoms with Crippen LogP contribution in [-0.2, 0) is 22.6 Å². The van der Waals surface area contributed by atoms with Crippen LogP contribution in [0.2, 0.25) is 5.02 Å². The van der Waals surface area contributed by atoms with Gasteiger partial charge in [0.2, 0.25) is 0 Å². The fraction of sp³-hybridized carbons (Fsp3) is 0.353. The highest BCUT2D eigenvalue weighted by Gasteiger charge is 2.22. The summed E-state index contributed by atoms with van der Waals surface area (Å²) in [6, 6.07) is 2.99. The monoisotopic (exact) mass is 410 g/mol. The van der Waals surface area contributed by atoms with Gasteiger partial charge in [-0.3, -0.25) is 14.9 Å². The standard InChI is InChI=1S/C17H19ClN4O4S/c1-22-5-4-10-14(8-22)27-17(20-10)21-16(24)15(23)19-11-7-12(25-2)9(18)6-13(11)26-3/h6-7H,4-5,8H2,1-3H3,(H,19,23)(H,20,21,24). The van der Waals surface area contributed by atoms with E-state index in [0.717, 1.165) is 30.1 Å². The van der Waals surface area contributed by atoms with Crippen LogP contribution in [0.1, 0.15) is 10.6 Å². The summed E-state index contributed by atoms with van der Waals surface area (Å²) in [5.74, 6) is -0.993. The first kappa shape index (κ1) is 19.4. The van der Waals surface area contributed by atoms with E-state index in [9.17, 15) is 9.59 Å². The zero-order valence-electron chi connectivity index (χ0n) is 15.1. The van der Waals surface area contributed by atoms with Gasteiger partial charge in [-0.1, -0.05) is 11.6 Å². The molecule has 1 aliphatic rings. The van der Waals surface area contributed by atoms with Gasteiger partial charge in [-0.05, 0) is 7.05 Å². The second-order valence-electron chi connectivity index (χ2n) is 5.97. The maximum Gasteiger partial charge on any atom is 0.315 e. The third kappa shape index (κ3) is 4.32. The number of carbonyl (C=O) groups excluding carboxylic acids is 2. The number of ether oxygens (including phenoxy) is 2. The molecule has 0 spiro atoms. The van der Waals surface area contributed by atoms with E-state index in [-0.39, 0.29) is 5.69 Å². The number of likely N-dealkylation sites (N-methyl/N-ethyl adjacent to an activating group) is 1. The molecule has 2 heterocycles. The second kappa shape index (κ2) is 8.12. The average Bonchev–Trinajstić information content (AvgIpc) is 3.03. The lowest BCUT2D eigenvalue weighted by Gasteiger charge is -2.20. The van der Waals surface area contributed by atoms with E-state index in [1.807, 2.05) is 7.05 Å². The van der Waals surface area contributed by atoms with Crippen LogP contribution in [0.15, 0.2) is 12.1 Å². The van der Waals surface area contributed by atoms with E-state index < -0.39 is 11.8 Å². The van der Waals surface area contributed by atoms with E-state index in [2.05, 4.69) is 20.5 Å². The van der Waals surface area contributed by atoms with Crippen molar-refractivity contribution in [3.63, 3.8) is 0 Å². The van der Waals surface area contributed by atoms with Crippen molar-refractivity contribution in [2.24, 2.45) is 0 Å². The summed E-state index contributed by atoms with van der Waals surface area (Å²) in [6.07, 6.45) is 0.826. The average molecular weight is 411 g/mol. The summed E-state index contributed by atoms with van der Waals surface area (Å²) < 4.78 is 10.3. The first-order chi connectivity index (χ1) is 12.9. The number of hydrogen-bond donors (Lipinski definition) is 2. The predicted molar refractivity (Wildman–Crippen MR) is 104 cm³/mol.